The van der Waals surface area contributed by atoms with E-state index in [4.69, 9.17) is 9.47 Å². The SMILES string of the molecule is COC(=O)c1cccc(NCCCCOc2ccccc2)c1. The Bertz CT molecular complexity index is 584. The molecule has 0 aliphatic heterocycles. The molecule has 0 amide bonds. The molecule has 0 saturated carbocycles. The van der Waals surface area contributed by atoms with Crippen molar-refractivity contribution in [2.75, 3.05) is 25.6 Å². The summed E-state index contributed by atoms with van der Waals surface area (Å²) in [4.78, 5) is 11.4. The Morgan fingerprint density at radius 2 is 1.86 bits per heavy atom. The van der Waals surface area contributed by atoms with Crippen molar-refractivity contribution >= 4 is 11.7 Å². The number of carbonyl (C=O) groups is 1. The van der Waals surface area contributed by atoms with Gasteiger partial charge in [0.05, 0.1) is 19.3 Å². The van der Waals surface area contributed by atoms with Crippen molar-refractivity contribution in [1.82, 2.24) is 0 Å². The maximum Gasteiger partial charge on any atom is 0.337 e. The summed E-state index contributed by atoms with van der Waals surface area (Å²) in [7, 11) is 1.38. The molecule has 0 radical (unpaired) electrons. The van der Waals surface area contributed by atoms with E-state index in [2.05, 4.69) is 5.32 Å². The number of nitrogens with one attached hydrogen (secondary N) is 1. The van der Waals surface area contributed by atoms with Crippen LogP contribution in [0.3, 0.4) is 0 Å². The minimum atomic E-state index is -0.320. The number of rotatable bonds is 8. The first-order valence-corrected chi connectivity index (χ1v) is 7.39. The second-order valence-corrected chi connectivity index (χ2v) is 4.87. The summed E-state index contributed by atoms with van der Waals surface area (Å²) < 4.78 is 10.3. The van der Waals surface area contributed by atoms with E-state index in [-0.39, 0.29) is 5.97 Å². The van der Waals surface area contributed by atoms with Crippen LogP contribution in [0, 0.1) is 0 Å². The van der Waals surface area contributed by atoms with Crippen LogP contribution in [0.1, 0.15) is 23.2 Å². The van der Waals surface area contributed by atoms with Crippen molar-refractivity contribution < 1.29 is 14.3 Å². The molecule has 0 atom stereocenters. The summed E-state index contributed by atoms with van der Waals surface area (Å²) in [5.74, 6) is 0.584. The van der Waals surface area contributed by atoms with Crippen LogP contribution in [0.15, 0.2) is 54.6 Å². The van der Waals surface area contributed by atoms with E-state index < -0.39 is 0 Å². The first-order valence-electron chi connectivity index (χ1n) is 7.39. The highest BCUT2D eigenvalue weighted by Gasteiger charge is 2.04. The van der Waals surface area contributed by atoms with Crippen molar-refractivity contribution in [2.24, 2.45) is 0 Å². The van der Waals surface area contributed by atoms with E-state index in [9.17, 15) is 4.79 Å². The minimum absolute atomic E-state index is 0.320. The number of para-hydroxylation sites is 1. The van der Waals surface area contributed by atoms with Crippen molar-refractivity contribution in [2.45, 2.75) is 12.8 Å². The van der Waals surface area contributed by atoms with Gasteiger partial charge in [0.15, 0.2) is 0 Å². The molecule has 0 fully saturated rings. The molecule has 0 spiro atoms. The zero-order valence-corrected chi connectivity index (χ0v) is 12.7. The van der Waals surface area contributed by atoms with Crippen LogP contribution in [0.4, 0.5) is 5.69 Å². The number of ether oxygens (including phenoxy) is 2. The number of hydrogen-bond donors (Lipinski definition) is 1. The standard InChI is InChI=1S/C18H21NO3/c1-21-18(20)15-8-7-9-16(14-15)19-12-5-6-13-22-17-10-3-2-4-11-17/h2-4,7-11,14,19H,5-6,12-13H2,1H3. The Labute approximate surface area is 131 Å². The first-order chi connectivity index (χ1) is 10.8. The van der Waals surface area contributed by atoms with Gasteiger partial charge in [-0.05, 0) is 43.2 Å². The number of benzene rings is 2. The van der Waals surface area contributed by atoms with Gasteiger partial charge >= 0.3 is 5.97 Å². The third kappa shape index (κ3) is 5.13. The lowest BCUT2D eigenvalue weighted by Gasteiger charge is -2.08. The molecule has 0 saturated heterocycles. The quantitative estimate of drug-likeness (QED) is 0.596. The summed E-state index contributed by atoms with van der Waals surface area (Å²) in [6, 6.07) is 17.1. The molecule has 2 aromatic rings. The number of anilines is 1. The molecule has 4 heteroatoms. The lowest BCUT2D eigenvalue weighted by atomic mass is 10.2. The van der Waals surface area contributed by atoms with Crippen molar-refractivity contribution in [3.05, 3.63) is 60.2 Å². The molecule has 0 heterocycles. The third-order valence-electron chi connectivity index (χ3n) is 3.20. The van der Waals surface area contributed by atoms with Crippen molar-refractivity contribution in [1.29, 1.82) is 0 Å². The number of carbonyl (C=O) groups excluding carboxylic acids is 1. The fourth-order valence-electron chi connectivity index (χ4n) is 2.04. The van der Waals surface area contributed by atoms with Crippen LogP contribution >= 0.6 is 0 Å². The summed E-state index contributed by atoms with van der Waals surface area (Å²) in [5, 5.41) is 3.30. The number of unbranched alkanes of at least 4 members (excludes halogenated alkanes) is 1. The molecule has 22 heavy (non-hydrogen) atoms. The smallest absolute Gasteiger partial charge is 0.337 e. The topological polar surface area (TPSA) is 47.6 Å². The van der Waals surface area contributed by atoms with Gasteiger partial charge < -0.3 is 14.8 Å². The van der Waals surface area contributed by atoms with Gasteiger partial charge in [0.2, 0.25) is 0 Å². The first kappa shape index (κ1) is 15.9. The molecule has 2 aromatic carbocycles. The van der Waals surface area contributed by atoms with Crippen LogP contribution in [-0.2, 0) is 4.74 Å². The molecule has 0 bridgehead atoms. The van der Waals surface area contributed by atoms with Gasteiger partial charge in [-0.15, -0.1) is 0 Å². The molecule has 2 rings (SSSR count). The summed E-state index contributed by atoms with van der Waals surface area (Å²) in [5.41, 5.74) is 1.48. The van der Waals surface area contributed by atoms with Crippen LogP contribution < -0.4 is 10.1 Å². The third-order valence-corrected chi connectivity index (χ3v) is 3.20. The van der Waals surface area contributed by atoms with Crippen LogP contribution in [0.25, 0.3) is 0 Å². The number of hydrogen-bond acceptors (Lipinski definition) is 4. The highest BCUT2D eigenvalue weighted by Crippen LogP contribution is 2.12. The molecule has 0 aromatic heterocycles. The molecule has 0 unspecified atom stereocenters. The minimum Gasteiger partial charge on any atom is -0.494 e. The Morgan fingerprint density at radius 3 is 2.64 bits per heavy atom. The lowest BCUT2D eigenvalue weighted by Crippen LogP contribution is -2.06. The van der Waals surface area contributed by atoms with Gasteiger partial charge in [-0.3, -0.25) is 0 Å². The van der Waals surface area contributed by atoms with E-state index in [1.165, 1.54) is 7.11 Å². The van der Waals surface area contributed by atoms with E-state index in [0.717, 1.165) is 30.8 Å². The van der Waals surface area contributed by atoms with Crippen LogP contribution in [0.5, 0.6) is 5.75 Å². The van der Waals surface area contributed by atoms with Gasteiger partial charge in [-0.25, -0.2) is 4.79 Å². The maximum absolute atomic E-state index is 11.4. The average molecular weight is 299 g/mol. The number of methoxy groups -OCH3 is 1. The van der Waals surface area contributed by atoms with Gasteiger partial charge in [0, 0.05) is 12.2 Å². The van der Waals surface area contributed by atoms with E-state index in [0.29, 0.717) is 12.2 Å². The summed E-state index contributed by atoms with van der Waals surface area (Å²) >= 11 is 0. The van der Waals surface area contributed by atoms with Crippen molar-refractivity contribution in [3.8, 4) is 5.75 Å². The summed E-state index contributed by atoms with van der Waals surface area (Å²) in [6.07, 6.45) is 1.97. The molecular weight excluding hydrogens is 278 g/mol. The van der Waals surface area contributed by atoms with Crippen molar-refractivity contribution in [3.63, 3.8) is 0 Å². The molecular formula is C18H21NO3. The predicted molar refractivity (Wildman–Crippen MR) is 87.4 cm³/mol. The summed E-state index contributed by atoms with van der Waals surface area (Å²) in [6.45, 7) is 1.54. The number of esters is 1. The van der Waals surface area contributed by atoms with Gasteiger partial charge in [-0.2, -0.15) is 0 Å². The van der Waals surface area contributed by atoms with Crippen LogP contribution in [-0.4, -0.2) is 26.2 Å². The zero-order valence-electron chi connectivity index (χ0n) is 12.7. The van der Waals surface area contributed by atoms with E-state index >= 15 is 0 Å². The van der Waals surface area contributed by atoms with E-state index in [1.807, 2.05) is 42.5 Å². The fraction of sp³-hybridized carbons (Fsp3) is 0.278. The predicted octanol–water partition coefficient (Wildman–Crippen LogP) is 3.74. The van der Waals surface area contributed by atoms with Gasteiger partial charge in [0.25, 0.3) is 0 Å². The molecule has 116 valence electrons. The Balaban J connectivity index is 1.65. The maximum atomic E-state index is 11.4. The Hall–Kier alpha value is -2.49. The highest BCUT2D eigenvalue weighted by atomic mass is 16.5. The zero-order chi connectivity index (χ0) is 15.6. The molecule has 1 N–H and O–H groups in total. The largest absolute Gasteiger partial charge is 0.494 e. The Morgan fingerprint density at radius 1 is 1.05 bits per heavy atom. The van der Waals surface area contributed by atoms with E-state index in [1.54, 1.807) is 12.1 Å². The fourth-order valence-corrected chi connectivity index (χ4v) is 2.04. The molecule has 0 aliphatic rings. The lowest BCUT2D eigenvalue weighted by molar-refractivity contribution is 0.0601. The average Bonchev–Trinajstić information content (AvgIpc) is 2.58. The molecule has 4 nitrogen and oxygen atoms in total. The highest BCUT2D eigenvalue weighted by molar-refractivity contribution is 5.90. The normalized spacial score (nSPS) is 10.0. The second kappa shape index (κ2) is 8.72. The Kier molecular flexibility index (Phi) is 6.30. The van der Waals surface area contributed by atoms with Gasteiger partial charge in [0.1, 0.15) is 5.75 Å². The monoisotopic (exact) mass is 299 g/mol. The van der Waals surface area contributed by atoms with Crippen LogP contribution in [0.2, 0.25) is 0 Å². The molecule has 0 aliphatic carbocycles. The second-order valence-electron chi connectivity index (χ2n) is 4.87. The van der Waals surface area contributed by atoms with Gasteiger partial charge in [-0.1, -0.05) is 24.3 Å².